The van der Waals surface area contributed by atoms with Crippen LogP contribution in [0.5, 0.6) is 0 Å². The molecule has 1 saturated heterocycles. The van der Waals surface area contributed by atoms with Crippen molar-refractivity contribution in [2.75, 3.05) is 17.8 Å². The largest absolute Gasteiger partial charge is 0.384 e. The number of likely N-dealkylation sites (tertiary alicyclic amines) is 1. The number of thiazole rings is 2. The Bertz CT molecular complexity index is 1250. The Labute approximate surface area is 202 Å². The van der Waals surface area contributed by atoms with Gasteiger partial charge in [-0.05, 0) is 61.2 Å². The molecule has 2 aromatic carbocycles. The Morgan fingerprint density at radius 2 is 1.84 bits per heavy atom. The standard InChI is InChI=1S/C22H19ClN4O2S3/c23-20-19(31-13-25-20)22(29)8-10-27(11-9-22)21(28)14-4-6-15(7-5-14)26-32-17-3-1-2-16-18(17)24-12-30-16/h1-7,12-13,26,29H,8-11H2. The molecule has 0 spiro atoms. The van der Waals surface area contributed by atoms with Crippen LogP contribution in [0.2, 0.25) is 5.15 Å². The van der Waals surface area contributed by atoms with E-state index in [1.54, 1.807) is 21.7 Å². The Balaban J connectivity index is 1.20. The van der Waals surface area contributed by atoms with Gasteiger partial charge in [0.25, 0.3) is 5.91 Å². The monoisotopic (exact) mass is 502 g/mol. The molecule has 0 aliphatic carbocycles. The first-order chi connectivity index (χ1) is 15.5. The highest BCUT2D eigenvalue weighted by Crippen LogP contribution is 2.39. The topological polar surface area (TPSA) is 78.4 Å². The van der Waals surface area contributed by atoms with Gasteiger partial charge >= 0.3 is 0 Å². The van der Waals surface area contributed by atoms with Crippen molar-refractivity contribution in [1.82, 2.24) is 14.9 Å². The van der Waals surface area contributed by atoms with Crippen LogP contribution in [0.25, 0.3) is 10.2 Å². The van der Waals surface area contributed by atoms with E-state index in [9.17, 15) is 9.90 Å². The SMILES string of the molecule is O=C(c1ccc(NSc2cccc3scnc23)cc1)N1CCC(O)(c2scnc2Cl)CC1. The molecule has 0 radical (unpaired) electrons. The number of hydrogen-bond donors (Lipinski definition) is 2. The minimum Gasteiger partial charge on any atom is -0.384 e. The molecule has 1 aliphatic rings. The van der Waals surface area contributed by atoms with E-state index in [0.29, 0.717) is 41.5 Å². The number of anilines is 1. The van der Waals surface area contributed by atoms with Crippen molar-refractivity contribution < 1.29 is 9.90 Å². The van der Waals surface area contributed by atoms with Gasteiger partial charge in [-0.2, -0.15) is 0 Å². The fourth-order valence-electron chi connectivity index (χ4n) is 3.76. The van der Waals surface area contributed by atoms with E-state index in [1.807, 2.05) is 41.9 Å². The maximum absolute atomic E-state index is 12.9. The minimum absolute atomic E-state index is 0.0334. The van der Waals surface area contributed by atoms with E-state index >= 15 is 0 Å². The third kappa shape index (κ3) is 4.23. The lowest BCUT2D eigenvalue weighted by atomic mass is 9.90. The van der Waals surface area contributed by atoms with Gasteiger partial charge in [-0.15, -0.1) is 22.7 Å². The summed E-state index contributed by atoms with van der Waals surface area (Å²) in [6.45, 7) is 0.939. The van der Waals surface area contributed by atoms with Gasteiger partial charge in [0.2, 0.25) is 0 Å². The van der Waals surface area contributed by atoms with Crippen molar-refractivity contribution in [2.24, 2.45) is 0 Å². The van der Waals surface area contributed by atoms with Crippen LogP contribution in [0.4, 0.5) is 5.69 Å². The van der Waals surface area contributed by atoms with Crippen LogP contribution in [0.1, 0.15) is 28.1 Å². The molecular formula is C22H19ClN4O2S3. The van der Waals surface area contributed by atoms with Crippen LogP contribution in [0, 0.1) is 0 Å². The lowest BCUT2D eigenvalue weighted by Gasteiger charge is -2.37. The first kappa shape index (κ1) is 21.7. The summed E-state index contributed by atoms with van der Waals surface area (Å²) in [6, 6.07) is 13.6. The average molecular weight is 503 g/mol. The maximum Gasteiger partial charge on any atom is 0.253 e. The van der Waals surface area contributed by atoms with Gasteiger partial charge in [0.15, 0.2) is 0 Å². The zero-order valence-corrected chi connectivity index (χ0v) is 20.0. The van der Waals surface area contributed by atoms with E-state index < -0.39 is 5.60 Å². The highest BCUT2D eigenvalue weighted by molar-refractivity contribution is 8.00. The Hall–Kier alpha value is -2.17. The highest BCUT2D eigenvalue weighted by atomic mass is 35.5. The van der Waals surface area contributed by atoms with Gasteiger partial charge in [-0.1, -0.05) is 17.7 Å². The van der Waals surface area contributed by atoms with Crippen molar-refractivity contribution in [3.63, 3.8) is 0 Å². The van der Waals surface area contributed by atoms with Gasteiger partial charge in [-0.25, -0.2) is 9.97 Å². The number of carbonyl (C=O) groups excluding carboxylic acids is 1. The number of rotatable bonds is 5. The van der Waals surface area contributed by atoms with E-state index in [-0.39, 0.29) is 5.91 Å². The van der Waals surface area contributed by atoms with E-state index in [2.05, 4.69) is 20.8 Å². The Morgan fingerprint density at radius 3 is 2.56 bits per heavy atom. The number of piperidine rings is 1. The van der Waals surface area contributed by atoms with Crippen molar-refractivity contribution in [1.29, 1.82) is 0 Å². The predicted octanol–water partition coefficient (Wildman–Crippen LogP) is 5.65. The Kier molecular flexibility index (Phi) is 6.09. The van der Waals surface area contributed by atoms with Crippen LogP contribution in [-0.4, -0.2) is 39.0 Å². The number of aliphatic hydroxyl groups is 1. The van der Waals surface area contributed by atoms with Crippen LogP contribution < -0.4 is 4.72 Å². The third-order valence-electron chi connectivity index (χ3n) is 5.56. The smallest absolute Gasteiger partial charge is 0.253 e. The molecule has 0 atom stereocenters. The molecule has 4 aromatic rings. The lowest BCUT2D eigenvalue weighted by Crippen LogP contribution is -2.45. The molecule has 2 N–H and O–H groups in total. The summed E-state index contributed by atoms with van der Waals surface area (Å²) in [5, 5.41) is 11.3. The molecule has 3 heterocycles. The fraction of sp³-hybridized carbons (Fsp3) is 0.227. The molecule has 2 aromatic heterocycles. The third-order valence-corrected chi connectivity index (χ3v) is 8.66. The number of aromatic nitrogens is 2. The van der Waals surface area contributed by atoms with Crippen LogP contribution in [0.15, 0.2) is 58.4 Å². The summed E-state index contributed by atoms with van der Waals surface area (Å²) >= 11 is 10.6. The summed E-state index contributed by atoms with van der Waals surface area (Å²) in [6.07, 6.45) is 0.887. The van der Waals surface area contributed by atoms with Crippen molar-refractivity contribution in [2.45, 2.75) is 23.3 Å². The molecule has 0 unspecified atom stereocenters. The first-order valence-electron chi connectivity index (χ1n) is 10.00. The van der Waals surface area contributed by atoms with Gasteiger partial charge in [-0.3, -0.25) is 4.79 Å². The van der Waals surface area contributed by atoms with Crippen molar-refractivity contribution >= 4 is 68.0 Å². The fourth-order valence-corrected chi connectivity index (χ4v) is 6.55. The number of hydrogen-bond acceptors (Lipinski definition) is 8. The summed E-state index contributed by atoms with van der Waals surface area (Å²) in [5.41, 5.74) is 5.00. The normalized spacial score (nSPS) is 15.8. The van der Waals surface area contributed by atoms with E-state index in [4.69, 9.17) is 11.6 Å². The quantitative estimate of drug-likeness (QED) is 0.343. The van der Waals surface area contributed by atoms with Gasteiger partial charge in [0, 0.05) is 24.3 Å². The van der Waals surface area contributed by atoms with Crippen LogP contribution in [-0.2, 0) is 5.60 Å². The second-order valence-corrected chi connectivity index (χ2v) is 10.5. The molecule has 164 valence electrons. The molecule has 0 saturated carbocycles. The molecule has 5 rings (SSSR count). The number of nitrogens with one attached hydrogen (secondary N) is 1. The van der Waals surface area contributed by atoms with Crippen molar-refractivity contribution in [3.8, 4) is 0 Å². The van der Waals surface area contributed by atoms with E-state index in [0.717, 1.165) is 20.8 Å². The van der Waals surface area contributed by atoms with Crippen LogP contribution in [0.3, 0.4) is 0 Å². The number of amides is 1. The van der Waals surface area contributed by atoms with Gasteiger partial charge in [0.05, 0.1) is 31.0 Å². The maximum atomic E-state index is 12.9. The predicted molar refractivity (Wildman–Crippen MR) is 132 cm³/mol. The molecule has 10 heteroatoms. The number of para-hydroxylation sites is 1. The Morgan fingerprint density at radius 1 is 1.09 bits per heavy atom. The summed E-state index contributed by atoms with van der Waals surface area (Å²) < 4.78 is 4.48. The minimum atomic E-state index is -1.01. The highest BCUT2D eigenvalue weighted by Gasteiger charge is 2.38. The zero-order chi connectivity index (χ0) is 22.1. The molecule has 0 bridgehead atoms. The molecule has 32 heavy (non-hydrogen) atoms. The molecular weight excluding hydrogens is 484 g/mol. The number of nitrogens with zero attached hydrogens (tertiary/aromatic N) is 3. The van der Waals surface area contributed by atoms with Crippen molar-refractivity contribution in [3.05, 3.63) is 69.1 Å². The molecule has 1 amide bonds. The second-order valence-electron chi connectivity index (χ2n) is 7.53. The number of benzene rings is 2. The molecule has 1 fully saturated rings. The second kappa shape index (κ2) is 8.99. The number of halogens is 1. The summed E-state index contributed by atoms with van der Waals surface area (Å²) in [5.74, 6) is -0.0334. The molecule has 1 aliphatic heterocycles. The molecule has 6 nitrogen and oxygen atoms in total. The number of fused-ring (bicyclic) bond motifs is 1. The summed E-state index contributed by atoms with van der Waals surface area (Å²) in [7, 11) is 0. The first-order valence-corrected chi connectivity index (χ1v) is 13.0. The van der Waals surface area contributed by atoms with Gasteiger partial charge in [0.1, 0.15) is 10.8 Å². The lowest BCUT2D eigenvalue weighted by molar-refractivity contribution is -0.0183. The summed E-state index contributed by atoms with van der Waals surface area (Å²) in [4.78, 5) is 24.9. The van der Waals surface area contributed by atoms with Crippen LogP contribution >= 0.6 is 46.2 Å². The average Bonchev–Trinajstić information content (AvgIpc) is 3.47. The van der Waals surface area contributed by atoms with E-state index in [1.165, 1.54) is 23.3 Å². The number of carbonyl (C=O) groups is 1. The van der Waals surface area contributed by atoms with Gasteiger partial charge < -0.3 is 14.7 Å². The zero-order valence-electron chi connectivity index (χ0n) is 16.8.